The molecule has 0 amide bonds. The fourth-order valence-corrected chi connectivity index (χ4v) is 6.73. The van der Waals surface area contributed by atoms with E-state index in [-0.39, 0.29) is 13.2 Å². The van der Waals surface area contributed by atoms with Gasteiger partial charge in [-0.1, -0.05) is 231 Å². The highest BCUT2D eigenvalue weighted by Crippen LogP contribution is 2.26. The Kier molecular flexibility index (Phi) is 25.3. The van der Waals surface area contributed by atoms with Crippen molar-refractivity contribution < 1.29 is 20.4 Å². The van der Waals surface area contributed by atoms with Crippen molar-refractivity contribution in [3.05, 3.63) is 246 Å². The number of hydrogen-bond donors (Lipinski definition) is 4. The number of rotatable bonds is 11. The number of phenols is 2. The lowest BCUT2D eigenvalue weighted by Gasteiger charge is -2.09. The highest BCUT2D eigenvalue weighted by Gasteiger charge is 2.05. The largest absolute Gasteiger partial charge is 0.508 e. The van der Waals surface area contributed by atoms with Gasteiger partial charge in [0.05, 0.1) is 13.2 Å². The van der Waals surface area contributed by atoms with Gasteiger partial charge in [-0.2, -0.15) is 0 Å². The standard InChI is InChI=1S/C14H16O.C12H10O.C11H16O.C10H14.C9H10O.C8H8/c1-3-10(2)11-4-5-13-9-14(15)7-6-12(13)8-11;1-2-9-3-4-11-8-12(13)6-5-10(11)7-9;1-3-9(2)11-6-4-10(8-12)5-7-11;1-3-9(2)10-7-5-4-6-8-10;1-2-8-3-5-9(7-10)6-4-8;1-2-8-6-4-3-5-7-8/h4-10,15H,3H2,1-2H3;2-8,13H,1H2;4-7,9,12H,3,8H2,1-2H3;4-9H,3H2,1-2H3;2-6,10H,1,7H2;2-7H,1H2. The third-order valence-corrected chi connectivity index (χ3v) is 11.9. The third kappa shape index (κ3) is 19.5. The predicted octanol–water partition coefficient (Wildman–Crippen LogP) is 17.3. The molecule has 3 atom stereocenters. The molecule has 0 aromatic heterocycles. The SMILES string of the molecule is C=Cc1ccc(CO)cc1.C=Cc1ccc2cc(O)ccc2c1.C=Cc1ccccc1.CCC(C)c1ccc(CO)cc1.CCC(C)c1ccc2cc(O)ccc2c1.CCC(C)c1ccccc1. The maximum atomic E-state index is 9.35. The molecular formula is C64H74O4. The average molecular weight is 907 g/mol. The van der Waals surface area contributed by atoms with Gasteiger partial charge in [-0.25, -0.2) is 0 Å². The zero-order valence-electron chi connectivity index (χ0n) is 41.2. The molecule has 4 nitrogen and oxygen atoms in total. The van der Waals surface area contributed by atoms with E-state index in [1.54, 1.807) is 30.3 Å². The minimum Gasteiger partial charge on any atom is -0.508 e. The molecule has 3 unspecified atom stereocenters. The van der Waals surface area contributed by atoms with Crippen molar-refractivity contribution in [2.24, 2.45) is 0 Å². The van der Waals surface area contributed by atoms with Crippen molar-refractivity contribution >= 4 is 39.8 Å². The molecule has 354 valence electrons. The van der Waals surface area contributed by atoms with E-state index in [1.807, 2.05) is 109 Å². The lowest BCUT2D eigenvalue weighted by atomic mass is 9.96. The van der Waals surface area contributed by atoms with Crippen LogP contribution in [0.3, 0.4) is 0 Å². The highest BCUT2D eigenvalue weighted by molar-refractivity contribution is 5.86. The van der Waals surface area contributed by atoms with E-state index in [2.05, 4.69) is 122 Å². The first kappa shape index (κ1) is 55.3. The van der Waals surface area contributed by atoms with Crippen molar-refractivity contribution in [2.75, 3.05) is 0 Å². The summed E-state index contributed by atoms with van der Waals surface area (Å²) in [6.07, 6.45) is 8.97. The zero-order chi connectivity index (χ0) is 49.7. The van der Waals surface area contributed by atoms with E-state index >= 15 is 0 Å². The Bertz CT molecular complexity index is 2650. The van der Waals surface area contributed by atoms with Gasteiger partial charge in [0.2, 0.25) is 0 Å². The Balaban J connectivity index is 0.000000219. The maximum Gasteiger partial charge on any atom is 0.116 e. The van der Waals surface area contributed by atoms with E-state index in [9.17, 15) is 10.2 Å². The number of aliphatic hydroxyl groups is 2. The topological polar surface area (TPSA) is 80.9 Å². The average Bonchev–Trinajstić information content (AvgIpc) is 3.41. The van der Waals surface area contributed by atoms with E-state index in [4.69, 9.17) is 10.2 Å². The molecule has 4 N–H and O–H groups in total. The predicted molar refractivity (Wildman–Crippen MR) is 295 cm³/mol. The number of hydrogen-bond acceptors (Lipinski definition) is 4. The van der Waals surface area contributed by atoms with Crippen LogP contribution in [0.4, 0.5) is 0 Å². The molecule has 4 heteroatoms. The third-order valence-electron chi connectivity index (χ3n) is 11.9. The van der Waals surface area contributed by atoms with Gasteiger partial charge in [-0.15, -0.1) is 0 Å². The Hall–Kier alpha value is -6.98. The molecule has 0 saturated carbocycles. The Morgan fingerprint density at radius 3 is 1.15 bits per heavy atom. The second kappa shape index (κ2) is 31.1. The van der Waals surface area contributed by atoms with Crippen molar-refractivity contribution in [3.63, 3.8) is 0 Å². The quantitative estimate of drug-likeness (QED) is 0.104. The lowest BCUT2D eigenvalue weighted by molar-refractivity contribution is 0.281. The van der Waals surface area contributed by atoms with Crippen molar-refractivity contribution in [2.45, 2.75) is 91.8 Å². The first-order valence-corrected chi connectivity index (χ1v) is 23.7. The van der Waals surface area contributed by atoms with Gasteiger partial charge < -0.3 is 20.4 Å². The molecule has 0 spiro atoms. The fourth-order valence-electron chi connectivity index (χ4n) is 6.73. The van der Waals surface area contributed by atoms with Gasteiger partial charge >= 0.3 is 0 Å². The zero-order valence-corrected chi connectivity index (χ0v) is 41.2. The van der Waals surface area contributed by atoms with E-state index in [0.717, 1.165) is 44.8 Å². The van der Waals surface area contributed by atoms with Gasteiger partial charge in [-0.3, -0.25) is 0 Å². The molecule has 0 aliphatic rings. The minimum atomic E-state index is 0.109. The molecule has 8 aromatic carbocycles. The summed E-state index contributed by atoms with van der Waals surface area (Å²) in [7, 11) is 0. The van der Waals surface area contributed by atoms with Crippen LogP contribution in [0.25, 0.3) is 39.8 Å². The number of fused-ring (bicyclic) bond motifs is 2. The monoisotopic (exact) mass is 907 g/mol. The smallest absolute Gasteiger partial charge is 0.116 e. The molecule has 8 aromatic rings. The van der Waals surface area contributed by atoms with Gasteiger partial charge in [0.1, 0.15) is 11.5 Å². The van der Waals surface area contributed by atoms with Crippen LogP contribution in [0.5, 0.6) is 11.5 Å². The summed E-state index contributed by atoms with van der Waals surface area (Å²) in [6.45, 7) is 24.5. The lowest BCUT2D eigenvalue weighted by Crippen LogP contribution is -1.91. The molecule has 8 rings (SSSR count). The summed E-state index contributed by atoms with van der Waals surface area (Å²) in [5, 5.41) is 40.6. The van der Waals surface area contributed by atoms with E-state index in [0.29, 0.717) is 29.3 Å². The van der Waals surface area contributed by atoms with Crippen molar-refractivity contribution in [3.8, 4) is 11.5 Å². The Morgan fingerprint density at radius 2 is 0.706 bits per heavy atom. The van der Waals surface area contributed by atoms with E-state index in [1.165, 1.54) is 40.5 Å². The molecule has 0 fully saturated rings. The minimum absolute atomic E-state index is 0.109. The van der Waals surface area contributed by atoms with Crippen LogP contribution in [0.15, 0.2) is 202 Å². The summed E-state index contributed by atoms with van der Waals surface area (Å²) in [6, 6.07) is 59.8. The summed E-state index contributed by atoms with van der Waals surface area (Å²) in [5.41, 5.74) is 9.45. The van der Waals surface area contributed by atoms with Crippen LogP contribution in [-0.4, -0.2) is 20.4 Å². The second-order valence-electron chi connectivity index (χ2n) is 16.7. The van der Waals surface area contributed by atoms with Crippen LogP contribution in [-0.2, 0) is 13.2 Å². The van der Waals surface area contributed by atoms with Crippen LogP contribution in [0.1, 0.15) is 123 Å². The molecule has 68 heavy (non-hydrogen) atoms. The molecule has 0 aliphatic heterocycles. The van der Waals surface area contributed by atoms with Crippen LogP contribution < -0.4 is 0 Å². The van der Waals surface area contributed by atoms with Crippen LogP contribution in [0, 0.1) is 0 Å². The highest BCUT2D eigenvalue weighted by atomic mass is 16.3. The summed E-state index contributed by atoms with van der Waals surface area (Å²) < 4.78 is 0. The molecule has 0 saturated heterocycles. The first-order valence-electron chi connectivity index (χ1n) is 23.7. The van der Waals surface area contributed by atoms with Crippen molar-refractivity contribution in [1.29, 1.82) is 0 Å². The number of aliphatic hydroxyl groups excluding tert-OH is 2. The van der Waals surface area contributed by atoms with Crippen LogP contribution >= 0.6 is 0 Å². The first-order chi connectivity index (χ1) is 32.9. The molecule has 0 radical (unpaired) electrons. The number of aromatic hydroxyl groups is 2. The summed E-state index contributed by atoms with van der Waals surface area (Å²) in [5.74, 6) is 2.57. The van der Waals surface area contributed by atoms with Crippen LogP contribution in [0.2, 0.25) is 0 Å². The summed E-state index contributed by atoms with van der Waals surface area (Å²) in [4.78, 5) is 0. The maximum absolute atomic E-state index is 9.35. The van der Waals surface area contributed by atoms with Gasteiger partial charge in [-0.05, 0) is 133 Å². The number of phenolic OH excluding ortho intramolecular Hbond substituents is 2. The van der Waals surface area contributed by atoms with E-state index < -0.39 is 0 Å². The second-order valence-corrected chi connectivity index (χ2v) is 16.7. The fraction of sp³-hybridized carbons (Fsp3) is 0.219. The van der Waals surface area contributed by atoms with Gasteiger partial charge in [0, 0.05) is 0 Å². The molecule has 0 heterocycles. The molecular weight excluding hydrogens is 833 g/mol. The van der Waals surface area contributed by atoms with Gasteiger partial charge in [0.15, 0.2) is 0 Å². The Labute approximate surface area is 408 Å². The number of benzene rings is 8. The normalized spacial score (nSPS) is 11.4. The summed E-state index contributed by atoms with van der Waals surface area (Å²) >= 11 is 0. The Morgan fingerprint density at radius 1 is 0.368 bits per heavy atom. The van der Waals surface area contributed by atoms with Crippen molar-refractivity contribution in [1.82, 2.24) is 0 Å². The molecule has 0 aliphatic carbocycles. The van der Waals surface area contributed by atoms with Gasteiger partial charge in [0.25, 0.3) is 0 Å². The molecule has 0 bridgehead atoms.